The number of nitrogens with zero attached hydrogens (tertiary/aromatic N) is 5. The lowest BCUT2D eigenvalue weighted by Gasteiger charge is -2.39. The van der Waals surface area contributed by atoms with Crippen LogP contribution in [0, 0.1) is 11.3 Å². The van der Waals surface area contributed by atoms with Crippen molar-refractivity contribution in [1.29, 1.82) is 5.26 Å². The molecule has 0 bridgehead atoms. The zero-order valence-electron chi connectivity index (χ0n) is 24.8. The maximum Gasteiger partial charge on any atom is 0.243 e. The number of piperazine rings is 1. The molecule has 5 aromatic rings. The summed E-state index contributed by atoms with van der Waals surface area (Å²) in [6.45, 7) is 3.72. The van der Waals surface area contributed by atoms with Gasteiger partial charge < -0.3 is 9.32 Å². The molecule has 0 amide bonds. The van der Waals surface area contributed by atoms with Gasteiger partial charge in [-0.15, -0.1) is 0 Å². The fraction of sp³-hybridized carbons (Fsp3) is 0.222. The van der Waals surface area contributed by atoms with Crippen molar-refractivity contribution in [1.82, 2.24) is 14.2 Å². The van der Waals surface area contributed by atoms with Crippen LogP contribution >= 0.6 is 0 Å². The van der Waals surface area contributed by atoms with Crippen LogP contribution < -0.4 is 4.90 Å². The molecule has 1 saturated heterocycles. The summed E-state index contributed by atoms with van der Waals surface area (Å²) in [7, 11) is -3.66. The number of benzene rings is 4. The van der Waals surface area contributed by atoms with Gasteiger partial charge in [0.1, 0.15) is 6.07 Å². The Kier molecular flexibility index (Phi) is 7.94. The lowest BCUT2D eigenvalue weighted by molar-refractivity contribution is 0.209. The maximum absolute atomic E-state index is 13.4. The van der Waals surface area contributed by atoms with Crippen molar-refractivity contribution in [3.8, 4) is 17.5 Å². The third-order valence-corrected chi connectivity index (χ3v) is 10.6. The molecule has 1 fully saturated rings. The van der Waals surface area contributed by atoms with Crippen LogP contribution in [0.15, 0.2) is 119 Å². The summed E-state index contributed by atoms with van der Waals surface area (Å²) >= 11 is 0. The molecule has 8 nitrogen and oxygen atoms in total. The molecule has 0 saturated carbocycles. The average molecular weight is 616 g/mol. The second-order valence-electron chi connectivity index (χ2n) is 11.4. The first-order valence-corrected chi connectivity index (χ1v) is 16.6. The number of rotatable bonds is 7. The summed E-state index contributed by atoms with van der Waals surface area (Å²) in [6.07, 6.45) is 0.691. The first-order chi connectivity index (χ1) is 22.0. The summed E-state index contributed by atoms with van der Waals surface area (Å²) in [6, 6.07) is 37.9. The minimum Gasteiger partial charge on any atom is -0.419 e. The SMILES string of the molecule is N#Cc1nc(-c2ccc(S(=O)(=O)N3CCc4ccccc4C3)cc2)oc1N1CCN(C(c2ccccc2)c2ccccc2)CC1. The first kappa shape index (κ1) is 29.0. The summed E-state index contributed by atoms with van der Waals surface area (Å²) in [5, 5.41) is 9.92. The van der Waals surface area contributed by atoms with E-state index in [0.29, 0.717) is 49.9 Å². The maximum atomic E-state index is 13.4. The molecule has 45 heavy (non-hydrogen) atoms. The Morgan fingerprint density at radius 2 is 1.33 bits per heavy atom. The molecule has 9 heteroatoms. The number of nitriles is 1. The number of sulfonamides is 1. The number of oxazole rings is 1. The van der Waals surface area contributed by atoms with E-state index in [9.17, 15) is 13.7 Å². The number of hydrogen-bond acceptors (Lipinski definition) is 7. The van der Waals surface area contributed by atoms with Crippen molar-refractivity contribution in [3.63, 3.8) is 0 Å². The van der Waals surface area contributed by atoms with Gasteiger partial charge in [-0.05, 0) is 52.9 Å². The van der Waals surface area contributed by atoms with Crippen LogP contribution in [0.3, 0.4) is 0 Å². The Morgan fingerprint density at radius 3 is 1.96 bits per heavy atom. The second kappa shape index (κ2) is 12.3. The van der Waals surface area contributed by atoms with Crippen LogP contribution in [0.5, 0.6) is 0 Å². The van der Waals surface area contributed by atoms with Gasteiger partial charge in [-0.25, -0.2) is 8.42 Å². The standard InChI is InChI=1S/C36H33N5O3S/c37-25-33-36(40-23-21-39(22-24-40)34(28-10-3-1-4-11-28)29-12-5-2-6-13-29)44-35(38-33)30-15-17-32(18-16-30)45(42,43)41-20-19-27-9-7-8-14-31(27)26-41/h1-18,34H,19-24,26H2. The predicted octanol–water partition coefficient (Wildman–Crippen LogP) is 5.87. The van der Waals surface area contributed by atoms with E-state index in [0.717, 1.165) is 18.7 Å². The normalized spacial score (nSPS) is 16.0. The van der Waals surface area contributed by atoms with E-state index in [1.54, 1.807) is 24.3 Å². The van der Waals surface area contributed by atoms with Crippen molar-refractivity contribution in [2.24, 2.45) is 0 Å². The van der Waals surface area contributed by atoms with Gasteiger partial charge >= 0.3 is 0 Å². The Labute approximate surface area is 263 Å². The number of fused-ring (bicyclic) bond motifs is 1. The molecule has 1 aromatic heterocycles. The van der Waals surface area contributed by atoms with Gasteiger partial charge in [-0.3, -0.25) is 4.90 Å². The molecule has 226 valence electrons. The van der Waals surface area contributed by atoms with Crippen LogP contribution in [-0.2, 0) is 23.0 Å². The molecule has 2 aliphatic heterocycles. The zero-order valence-corrected chi connectivity index (χ0v) is 25.6. The molecule has 0 N–H and O–H groups in total. The van der Waals surface area contributed by atoms with Crippen LogP contribution in [0.2, 0.25) is 0 Å². The largest absolute Gasteiger partial charge is 0.419 e. The lowest BCUT2D eigenvalue weighted by Crippen LogP contribution is -2.48. The molecular formula is C36H33N5O3S. The highest BCUT2D eigenvalue weighted by Crippen LogP contribution is 2.33. The highest BCUT2D eigenvalue weighted by Gasteiger charge is 2.31. The smallest absolute Gasteiger partial charge is 0.243 e. The minimum absolute atomic E-state index is 0.129. The Morgan fingerprint density at radius 1 is 0.733 bits per heavy atom. The van der Waals surface area contributed by atoms with E-state index in [1.165, 1.54) is 21.0 Å². The van der Waals surface area contributed by atoms with Gasteiger partial charge in [0.15, 0.2) is 0 Å². The fourth-order valence-electron chi connectivity index (χ4n) is 6.38. The van der Waals surface area contributed by atoms with Crippen molar-refractivity contribution < 1.29 is 12.8 Å². The van der Waals surface area contributed by atoms with Gasteiger partial charge in [0.2, 0.25) is 27.5 Å². The van der Waals surface area contributed by atoms with E-state index < -0.39 is 10.0 Å². The van der Waals surface area contributed by atoms with Crippen LogP contribution in [0.1, 0.15) is 34.0 Å². The van der Waals surface area contributed by atoms with Crippen molar-refractivity contribution in [3.05, 3.63) is 137 Å². The topological polar surface area (TPSA) is 93.7 Å². The van der Waals surface area contributed by atoms with Gasteiger partial charge in [0.25, 0.3) is 0 Å². The molecular weight excluding hydrogens is 582 g/mol. The molecule has 0 aliphatic carbocycles. The van der Waals surface area contributed by atoms with Crippen molar-refractivity contribution in [2.75, 3.05) is 37.6 Å². The highest BCUT2D eigenvalue weighted by atomic mass is 32.2. The van der Waals surface area contributed by atoms with Gasteiger partial charge in [-0.2, -0.15) is 14.6 Å². The van der Waals surface area contributed by atoms with E-state index in [-0.39, 0.29) is 16.6 Å². The molecule has 7 rings (SSSR count). The minimum atomic E-state index is -3.66. The van der Waals surface area contributed by atoms with E-state index in [4.69, 9.17) is 4.42 Å². The van der Waals surface area contributed by atoms with Gasteiger partial charge in [0, 0.05) is 44.8 Å². The third kappa shape index (κ3) is 5.76. The Hall–Kier alpha value is -4.75. The van der Waals surface area contributed by atoms with Crippen LogP contribution in [0.4, 0.5) is 5.88 Å². The summed E-state index contributed by atoms with van der Waals surface area (Å²) in [5.41, 5.74) is 5.56. The third-order valence-electron chi connectivity index (χ3n) is 8.75. The molecule has 0 unspecified atom stereocenters. The fourth-order valence-corrected chi connectivity index (χ4v) is 7.80. The monoisotopic (exact) mass is 615 g/mol. The average Bonchev–Trinajstić information content (AvgIpc) is 3.54. The second-order valence-corrected chi connectivity index (χ2v) is 13.4. The molecule has 0 atom stereocenters. The lowest BCUT2D eigenvalue weighted by atomic mass is 9.96. The van der Waals surface area contributed by atoms with E-state index in [2.05, 4.69) is 75.5 Å². The van der Waals surface area contributed by atoms with Gasteiger partial charge in [0.05, 0.1) is 10.9 Å². The Balaban J connectivity index is 1.07. The van der Waals surface area contributed by atoms with Gasteiger partial charge in [-0.1, -0.05) is 84.9 Å². The van der Waals surface area contributed by atoms with Crippen LogP contribution in [-0.4, -0.2) is 55.3 Å². The summed E-state index contributed by atoms with van der Waals surface area (Å²) in [5.74, 6) is 0.748. The summed E-state index contributed by atoms with van der Waals surface area (Å²) in [4.78, 5) is 9.25. The van der Waals surface area contributed by atoms with E-state index in [1.807, 2.05) is 30.3 Å². The Bertz CT molecular complexity index is 1890. The van der Waals surface area contributed by atoms with E-state index >= 15 is 0 Å². The summed E-state index contributed by atoms with van der Waals surface area (Å²) < 4.78 is 34.6. The predicted molar refractivity (Wildman–Crippen MR) is 173 cm³/mol. The molecule has 2 aliphatic rings. The van der Waals surface area contributed by atoms with Crippen molar-refractivity contribution in [2.45, 2.75) is 23.9 Å². The number of hydrogen-bond donors (Lipinski definition) is 0. The van der Waals surface area contributed by atoms with Crippen LogP contribution in [0.25, 0.3) is 11.5 Å². The quantitative estimate of drug-likeness (QED) is 0.226. The van der Waals surface area contributed by atoms with Crippen molar-refractivity contribution >= 4 is 15.9 Å². The molecule has 0 radical (unpaired) electrons. The first-order valence-electron chi connectivity index (χ1n) is 15.2. The molecule has 4 aromatic carbocycles. The zero-order chi connectivity index (χ0) is 30.8. The molecule has 0 spiro atoms. The number of anilines is 1. The highest BCUT2D eigenvalue weighted by molar-refractivity contribution is 7.89. The number of aromatic nitrogens is 1. The molecule has 3 heterocycles.